The fourth-order valence-corrected chi connectivity index (χ4v) is 3.87. The van der Waals surface area contributed by atoms with Gasteiger partial charge in [-0.1, -0.05) is 18.2 Å². The summed E-state index contributed by atoms with van der Waals surface area (Å²) in [7, 11) is -1.67. The molecule has 1 fully saturated rings. The molecular formula is C14H22N2O3S. The van der Waals surface area contributed by atoms with Gasteiger partial charge in [0.05, 0.1) is 12.9 Å². The molecular weight excluding hydrogens is 276 g/mol. The summed E-state index contributed by atoms with van der Waals surface area (Å²) in [5.41, 5.74) is 0.848. The van der Waals surface area contributed by atoms with Crippen molar-refractivity contribution in [2.75, 3.05) is 26.0 Å². The van der Waals surface area contributed by atoms with Crippen molar-refractivity contribution in [3.63, 3.8) is 0 Å². The van der Waals surface area contributed by atoms with Gasteiger partial charge in [0.25, 0.3) is 0 Å². The predicted molar refractivity (Wildman–Crippen MR) is 79.2 cm³/mol. The number of benzene rings is 1. The van der Waals surface area contributed by atoms with Crippen molar-refractivity contribution in [2.24, 2.45) is 5.92 Å². The summed E-state index contributed by atoms with van der Waals surface area (Å²) >= 11 is 0. The Labute approximate surface area is 120 Å². The van der Waals surface area contributed by atoms with Crippen LogP contribution in [0, 0.1) is 5.92 Å². The van der Waals surface area contributed by atoms with Gasteiger partial charge in [-0.25, -0.2) is 13.1 Å². The van der Waals surface area contributed by atoms with Gasteiger partial charge in [-0.3, -0.25) is 0 Å². The molecule has 0 radical (unpaired) electrons. The Hall–Kier alpha value is -1.11. The van der Waals surface area contributed by atoms with Gasteiger partial charge < -0.3 is 10.1 Å². The first-order valence-electron chi connectivity index (χ1n) is 6.90. The normalized spacial score (nSPS) is 19.8. The van der Waals surface area contributed by atoms with Gasteiger partial charge in [0.1, 0.15) is 5.75 Å². The lowest BCUT2D eigenvalue weighted by Gasteiger charge is -2.22. The van der Waals surface area contributed by atoms with Crippen LogP contribution in [0.3, 0.4) is 0 Å². The second-order valence-corrected chi connectivity index (χ2v) is 6.98. The standard InChI is InChI=1S/C14H22N2O3S/c1-19-14-7-3-2-6-13(14)10-16-20(17,18)11-12-5-4-8-15-9-12/h2-3,6-7,12,15-16H,4-5,8-11H2,1H3. The minimum atomic E-state index is -3.25. The van der Waals surface area contributed by atoms with E-state index in [4.69, 9.17) is 4.74 Å². The van der Waals surface area contributed by atoms with E-state index in [-0.39, 0.29) is 18.2 Å². The Morgan fingerprint density at radius 3 is 2.90 bits per heavy atom. The molecule has 1 aromatic rings. The van der Waals surface area contributed by atoms with Gasteiger partial charge in [-0.2, -0.15) is 0 Å². The Kier molecular flexibility index (Phi) is 5.39. The summed E-state index contributed by atoms with van der Waals surface area (Å²) in [6, 6.07) is 7.43. The van der Waals surface area contributed by atoms with Gasteiger partial charge in [-0.15, -0.1) is 0 Å². The zero-order valence-electron chi connectivity index (χ0n) is 11.8. The van der Waals surface area contributed by atoms with Gasteiger partial charge in [0.2, 0.25) is 10.0 Å². The summed E-state index contributed by atoms with van der Waals surface area (Å²) in [5.74, 6) is 1.10. The maximum Gasteiger partial charge on any atom is 0.212 e. The highest BCUT2D eigenvalue weighted by molar-refractivity contribution is 7.89. The molecule has 2 N–H and O–H groups in total. The van der Waals surface area contributed by atoms with Crippen LogP contribution in [-0.2, 0) is 16.6 Å². The summed E-state index contributed by atoms with van der Waals surface area (Å²) in [5, 5.41) is 3.24. The third-order valence-corrected chi connectivity index (χ3v) is 5.02. The van der Waals surface area contributed by atoms with E-state index in [9.17, 15) is 8.42 Å². The predicted octanol–water partition coefficient (Wildman–Crippen LogP) is 1.11. The fourth-order valence-electron chi connectivity index (χ4n) is 2.47. The lowest BCUT2D eigenvalue weighted by molar-refractivity contribution is 0.401. The van der Waals surface area contributed by atoms with E-state index in [2.05, 4.69) is 10.0 Å². The van der Waals surface area contributed by atoms with E-state index in [1.54, 1.807) is 7.11 Å². The minimum Gasteiger partial charge on any atom is -0.496 e. The minimum absolute atomic E-state index is 0.190. The van der Waals surface area contributed by atoms with E-state index >= 15 is 0 Å². The van der Waals surface area contributed by atoms with E-state index < -0.39 is 10.0 Å². The fraction of sp³-hybridized carbons (Fsp3) is 0.571. The second-order valence-electron chi connectivity index (χ2n) is 5.13. The highest BCUT2D eigenvalue weighted by Crippen LogP contribution is 2.17. The number of ether oxygens (including phenoxy) is 1. The maximum absolute atomic E-state index is 12.1. The van der Waals surface area contributed by atoms with Crippen LogP contribution in [0.25, 0.3) is 0 Å². The molecule has 0 aromatic heterocycles. The average Bonchev–Trinajstić information content (AvgIpc) is 2.46. The van der Waals surface area contributed by atoms with Crippen LogP contribution in [0.1, 0.15) is 18.4 Å². The molecule has 0 spiro atoms. The zero-order chi connectivity index (χ0) is 14.4. The molecule has 1 unspecified atom stereocenters. The third-order valence-electron chi connectivity index (χ3n) is 3.53. The zero-order valence-corrected chi connectivity index (χ0v) is 12.6. The number of sulfonamides is 1. The average molecular weight is 298 g/mol. The molecule has 1 atom stereocenters. The Balaban J connectivity index is 1.91. The number of methoxy groups -OCH3 is 1. The first kappa shape index (κ1) is 15.3. The van der Waals surface area contributed by atoms with Crippen molar-refractivity contribution in [3.05, 3.63) is 29.8 Å². The number of para-hydroxylation sites is 1. The van der Waals surface area contributed by atoms with Crippen LogP contribution < -0.4 is 14.8 Å². The van der Waals surface area contributed by atoms with Gasteiger partial charge in [0, 0.05) is 12.1 Å². The van der Waals surface area contributed by atoms with Crippen molar-refractivity contribution in [1.29, 1.82) is 0 Å². The lowest BCUT2D eigenvalue weighted by Crippen LogP contribution is -2.37. The summed E-state index contributed by atoms with van der Waals surface area (Å²) in [4.78, 5) is 0. The molecule has 6 heteroatoms. The summed E-state index contributed by atoms with van der Waals surface area (Å²) in [6.07, 6.45) is 2.02. The Morgan fingerprint density at radius 2 is 2.20 bits per heavy atom. The molecule has 1 aromatic carbocycles. The Bertz CT molecular complexity index is 525. The van der Waals surface area contributed by atoms with Crippen LogP contribution in [-0.4, -0.2) is 34.4 Å². The molecule has 0 amide bonds. The molecule has 1 heterocycles. The molecule has 20 heavy (non-hydrogen) atoms. The first-order chi connectivity index (χ1) is 9.61. The SMILES string of the molecule is COc1ccccc1CNS(=O)(=O)CC1CCCNC1. The second kappa shape index (κ2) is 7.06. The summed E-state index contributed by atoms with van der Waals surface area (Å²) in [6.45, 7) is 2.05. The topological polar surface area (TPSA) is 67.4 Å². The van der Waals surface area contributed by atoms with E-state index in [1.165, 1.54) is 0 Å². The lowest BCUT2D eigenvalue weighted by atomic mass is 10.0. The van der Waals surface area contributed by atoms with Crippen LogP contribution in [0.15, 0.2) is 24.3 Å². The third kappa shape index (κ3) is 4.47. The number of hydrogen-bond donors (Lipinski definition) is 2. The molecule has 1 aliphatic heterocycles. The summed E-state index contributed by atoms with van der Waals surface area (Å²) < 4.78 is 32.1. The molecule has 0 bridgehead atoms. The van der Waals surface area contributed by atoms with Gasteiger partial charge in [0.15, 0.2) is 0 Å². The van der Waals surface area contributed by atoms with Crippen LogP contribution >= 0.6 is 0 Å². The maximum atomic E-state index is 12.1. The van der Waals surface area contributed by atoms with Crippen molar-refractivity contribution in [3.8, 4) is 5.75 Å². The van der Waals surface area contributed by atoms with E-state index in [1.807, 2.05) is 24.3 Å². The van der Waals surface area contributed by atoms with Crippen molar-refractivity contribution < 1.29 is 13.2 Å². The van der Waals surface area contributed by atoms with Crippen LogP contribution in [0.4, 0.5) is 0 Å². The molecule has 0 saturated carbocycles. The van der Waals surface area contributed by atoms with Crippen molar-refractivity contribution >= 4 is 10.0 Å². The van der Waals surface area contributed by atoms with Gasteiger partial charge >= 0.3 is 0 Å². The van der Waals surface area contributed by atoms with E-state index in [0.717, 1.165) is 31.5 Å². The van der Waals surface area contributed by atoms with Crippen molar-refractivity contribution in [1.82, 2.24) is 10.0 Å². The molecule has 5 nitrogen and oxygen atoms in total. The quantitative estimate of drug-likeness (QED) is 0.826. The largest absolute Gasteiger partial charge is 0.496 e. The number of piperidine rings is 1. The van der Waals surface area contributed by atoms with Gasteiger partial charge in [-0.05, 0) is 37.9 Å². The molecule has 112 valence electrons. The highest BCUT2D eigenvalue weighted by atomic mass is 32.2. The van der Waals surface area contributed by atoms with E-state index in [0.29, 0.717) is 5.75 Å². The van der Waals surface area contributed by atoms with Crippen LogP contribution in [0.5, 0.6) is 5.75 Å². The molecule has 2 rings (SSSR count). The Morgan fingerprint density at radius 1 is 1.40 bits per heavy atom. The molecule has 1 saturated heterocycles. The smallest absolute Gasteiger partial charge is 0.212 e. The monoisotopic (exact) mass is 298 g/mol. The number of rotatable bonds is 6. The molecule has 0 aliphatic carbocycles. The van der Waals surface area contributed by atoms with Crippen LogP contribution in [0.2, 0.25) is 0 Å². The first-order valence-corrected chi connectivity index (χ1v) is 8.56. The highest BCUT2D eigenvalue weighted by Gasteiger charge is 2.21. The van der Waals surface area contributed by atoms with Crippen molar-refractivity contribution in [2.45, 2.75) is 19.4 Å². The number of hydrogen-bond acceptors (Lipinski definition) is 4. The molecule has 1 aliphatic rings. The number of nitrogens with one attached hydrogen (secondary N) is 2.